The maximum Gasteiger partial charge on any atom is 0.329 e. The molecular formula is C57H67ClF2N8O7. The smallest absolute Gasteiger partial charge is 0.329 e. The van der Waals surface area contributed by atoms with E-state index in [1.807, 2.05) is 49.0 Å². The number of imide groups is 1. The predicted molar refractivity (Wildman–Crippen MR) is 282 cm³/mol. The zero-order valence-electron chi connectivity index (χ0n) is 43.4. The Morgan fingerprint density at radius 3 is 2.35 bits per heavy atom. The molecule has 75 heavy (non-hydrogen) atoms. The van der Waals surface area contributed by atoms with E-state index in [0.717, 1.165) is 94.0 Å². The summed E-state index contributed by atoms with van der Waals surface area (Å²) in [5.41, 5.74) is 1.79. The number of fused-ring (bicyclic) bond motifs is 2. The molecule has 5 aromatic rings. The number of aryl methyl sites for hydroxylation is 1. The summed E-state index contributed by atoms with van der Waals surface area (Å²) in [6.07, 6.45) is 7.21. The molecule has 4 aromatic carbocycles. The van der Waals surface area contributed by atoms with Crippen LogP contribution >= 0.6 is 11.6 Å². The van der Waals surface area contributed by atoms with Gasteiger partial charge < -0.3 is 34.6 Å². The summed E-state index contributed by atoms with van der Waals surface area (Å²) in [6, 6.07) is 20.3. The summed E-state index contributed by atoms with van der Waals surface area (Å²) in [7, 11) is 4.84. The zero-order valence-corrected chi connectivity index (χ0v) is 44.2. The topological polar surface area (TPSA) is 160 Å². The van der Waals surface area contributed by atoms with Gasteiger partial charge in [-0.1, -0.05) is 61.8 Å². The zero-order chi connectivity index (χ0) is 52.8. The van der Waals surface area contributed by atoms with Crippen LogP contribution in [0.5, 0.6) is 11.5 Å². The monoisotopic (exact) mass is 1050 g/mol. The summed E-state index contributed by atoms with van der Waals surface area (Å²) in [6.45, 7) is 8.43. The van der Waals surface area contributed by atoms with Gasteiger partial charge >= 0.3 is 6.03 Å². The average molecular weight is 1050 g/mol. The molecule has 398 valence electrons. The molecule has 5 aliphatic rings. The van der Waals surface area contributed by atoms with E-state index in [1.54, 1.807) is 4.90 Å². The van der Waals surface area contributed by atoms with E-state index in [-0.39, 0.29) is 70.7 Å². The highest BCUT2D eigenvalue weighted by atomic mass is 35.5. The second-order valence-electron chi connectivity index (χ2n) is 21.3. The summed E-state index contributed by atoms with van der Waals surface area (Å²) in [5.74, 6) is -1.75. The van der Waals surface area contributed by atoms with Gasteiger partial charge in [0.25, 0.3) is 5.91 Å². The quantitative estimate of drug-likeness (QED) is 0.0918. The Morgan fingerprint density at radius 2 is 1.65 bits per heavy atom. The fourth-order valence-corrected chi connectivity index (χ4v) is 12.8. The van der Waals surface area contributed by atoms with Gasteiger partial charge in [0.05, 0.1) is 22.7 Å². The number of carbonyl (C=O) groups excluding carboxylic acids is 4. The Hall–Kier alpha value is -6.14. The van der Waals surface area contributed by atoms with E-state index in [0.29, 0.717) is 36.4 Å². The lowest BCUT2D eigenvalue weighted by molar-refractivity contribution is -0.145. The number of hydrogen-bond donors (Lipinski definition) is 3. The summed E-state index contributed by atoms with van der Waals surface area (Å²) >= 11 is 6.85. The minimum Gasteiger partial charge on any atom is -0.488 e. The third-order valence-corrected chi connectivity index (χ3v) is 17.3. The first kappa shape index (κ1) is 52.3. The minimum absolute atomic E-state index is 0.0328. The average Bonchev–Trinajstić information content (AvgIpc) is 3.91. The van der Waals surface area contributed by atoms with E-state index in [1.165, 1.54) is 37.9 Å². The molecular weight excluding hydrogens is 982 g/mol. The third kappa shape index (κ3) is 9.85. The van der Waals surface area contributed by atoms with Gasteiger partial charge in [-0.25, -0.2) is 13.6 Å². The Morgan fingerprint density at radius 1 is 0.920 bits per heavy atom. The molecule has 0 unspecified atom stereocenters. The molecule has 0 spiro atoms. The van der Waals surface area contributed by atoms with Crippen molar-refractivity contribution >= 4 is 52.1 Å². The van der Waals surface area contributed by atoms with Gasteiger partial charge in [0, 0.05) is 105 Å². The maximum atomic E-state index is 16.8. The van der Waals surface area contributed by atoms with E-state index >= 15 is 8.78 Å². The minimum atomic E-state index is -1.08. The lowest BCUT2D eigenvalue weighted by atomic mass is 9.72. The first-order valence-corrected chi connectivity index (χ1v) is 26.8. The van der Waals surface area contributed by atoms with Crippen LogP contribution in [0.25, 0.3) is 22.0 Å². The maximum absolute atomic E-state index is 16.8. The molecule has 4 fully saturated rings. The number of hydrogen-bond acceptors (Lipinski definition) is 10. The molecule has 15 nitrogen and oxygen atoms in total. The Kier molecular flexibility index (Phi) is 15.0. The summed E-state index contributed by atoms with van der Waals surface area (Å²) in [4.78, 5) is 58.4. The van der Waals surface area contributed by atoms with Crippen LogP contribution in [0.1, 0.15) is 111 Å². The molecule has 0 radical (unpaired) electrons. The fourth-order valence-electron chi connectivity index (χ4n) is 12.5. The van der Waals surface area contributed by atoms with E-state index in [9.17, 15) is 19.2 Å². The molecule has 1 aromatic heterocycles. The number of nitrogens with zero attached hydrogens (tertiary/aromatic N) is 5. The van der Waals surface area contributed by atoms with Crippen molar-refractivity contribution in [3.63, 3.8) is 0 Å². The molecule has 3 saturated heterocycles. The number of piperidine rings is 2. The molecule has 0 bridgehead atoms. The number of methoxy groups -OCH3 is 1. The van der Waals surface area contributed by atoms with Crippen LogP contribution in [0.2, 0.25) is 5.02 Å². The number of carbonyl (C=O) groups is 4. The molecule has 5 amide bonds. The molecule has 3 N–H and O–H groups in total. The highest BCUT2D eigenvalue weighted by Gasteiger charge is 2.51. The second kappa shape index (κ2) is 21.5. The number of benzene rings is 4. The van der Waals surface area contributed by atoms with Crippen LogP contribution in [0.4, 0.5) is 19.4 Å². The van der Waals surface area contributed by atoms with Crippen LogP contribution in [-0.2, 0) is 27.0 Å². The number of urea groups is 1. The van der Waals surface area contributed by atoms with Crippen molar-refractivity contribution in [2.24, 2.45) is 12.5 Å². The van der Waals surface area contributed by atoms with Gasteiger partial charge in [0.15, 0.2) is 23.0 Å². The second-order valence-corrected chi connectivity index (χ2v) is 21.7. The molecule has 5 heterocycles. The van der Waals surface area contributed by atoms with Gasteiger partial charge in [-0.3, -0.25) is 29.3 Å². The van der Waals surface area contributed by atoms with E-state index in [4.69, 9.17) is 25.8 Å². The first-order valence-electron chi connectivity index (χ1n) is 26.4. The standard InChI is InChI=1S/C57H67ClF2N8O7/c1-34-47-45(32-42(59)50(58)49(47)48-41(53(70)61-3)13-14-44(51(48)60)74-30-29-73-5)75-57(34,37-9-7-6-8-10-37)33-62-38-15-22-56(2,23-16-38)54(71)67-26-19-39(20-27-67)66-24-17-35(18-25-66)36-11-12-40-43(31-36)65(4)64-52(40)68-28-21-46(69)63-55(68)72/h6-14,31-32,34-35,38-39,62H,15-30,33H2,1-5H3,(H,61,70)(H,63,69,72)/t34-,38?,56?,57-/m0/s1. The van der Waals surface area contributed by atoms with Crippen LogP contribution in [0, 0.1) is 17.0 Å². The van der Waals surface area contributed by atoms with Crippen LogP contribution in [0.15, 0.2) is 66.7 Å². The SMILES string of the molecule is CNC(=O)c1ccc(OCCOC)c(F)c1-c1c(Cl)c(F)cc2c1[C@H](C)[C@@](CNC1CCC(C)(C(=O)N3CCC(N4CCC(c5ccc6c(N7CCC(=O)NC7=O)nn(C)c6c5)CC4)CC3)CC1)(c1ccccc1)O2. The summed E-state index contributed by atoms with van der Waals surface area (Å²) in [5, 5.41) is 14.0. The van der Waals surface area contributed by atoms with Crippen molar-refractivity contribution in [3.8, 4) is 22.6 Å². The first-order chi connectivity index (χ1) is 36.1. The number of aromatic nitrogens is 2. The molecule has 1 aliphatic carbocycles. The highest BCUT2D eigenvalue weighted by molar-refractivity contribution is 6.34. The Balaban J connectivity index is 0.767. The van der Waals surface area contributed by atoms with Crippen molar-refractivity contribution in [2.75, 3.05) is 71.5 Å². The fraction of sp³-hybridized carbons (Fsp3) is 0.491. The highest BCUT2D eigenvalue weighted by Crippen LogP contribution is 2.57. The number of halogens is 3. The Labute approximate surface area is 441 Å². The summed E-state index contributed by atoms with van der Waals surface area (Å²) < 4.78 is 52.5. The van der Waals surface area contributed by atoms with Crippen LogP contribution < -0.4 is 30.3 Å². The molecule has 10 rings (SSSR count). The number of ether oxygens (including phenoxy) is 3. The number of anilines is 1. The van der Waals surface area contributed by atoms with Gasteiger partial charge in [-0.2, -0.15) is 5.10 Å². The normalized spacial score (nSPS) is 23.8. The number of likely N-dealkylation sites (tertiary alicyclic amines) is 2. The number of nitrogens with one attached hydrogen (secondary N) is 3. The lowest BCUT2D eigenvalue weighted by Gasteiger charge is -2.45. The molecule has 4 aliphatic heterocycles. The third-order valence-electron chi connectivity index (χ3n) is 17.0. The van der Waals surface area contributed by atoms with Gasteiger partial charge in [0.2, 0.25) is 11.8 Å². The van der Waals surface area contributed by atoms with Crippen LogP contribution in [0.3, 0.4) is 0 Å². The van der Waals surface area contributed by atoms with Gasteiger partial charge in [0.1, 0.15) is 18.2 Å². The molecule has 18 heteroatoms. The van der Waals surface area contributed by atoms with Crippen molar-refractivity contribution in [1.29, 1.82) is 0 Å². The lowest BCUT2D eigenvalue weighted by Crippen LogP contribution is -2.53. The largest absolute Gasteiger partial charge is 0.488 e. The van der Waals surface area contributed by atoms with Gasteiger partial charge in [-0.05, 0) is 106 Å². The number of amides is 5. The van der Waals surface area contributed by atoms with Crippen LogP contribution in [-0.4, -0.2) is 122 Å². The van der Waals surface area contributed by atoms with Gasteiger partial charge in [-0.15, -0.1) is 0 Å². The van der Waals surface area contributed by atoms with Crippen molar-refractivity contribution in [1.82, 2.24) is 35.5 Å². The predicted octanol–water partition coefficient (Wildman–Crippen LogP) is 8.80. The number of rotatable bonds is 14. The van der Waals surface area contributed by atoms with Crippen molar-refractivity contribution in [3.05, 3.63) is 106 Å². The van der Waals surface area contributed by atoms with Crippen molar-refractivity contribution < 1.29 is 42.2 Å². The molecule has 2 atom stereocenters. The Bertz CT molecular complexity index is 2990. The van der Waals surface area contributed by atoms with Crippen molar-refractivity contribution in [2.45, 2.75) is 101 Å². The molecule has 1 saturated carbocycles. The van der Waals surface area contributed by atoms with E-state index in [2.05, 4.69) is 56.0 Å². The van der Waals surface area contributed by atoms with E-state index < -0.39 is 40.5 Å².